The van der Waals surface area contributed by atoms with Crippen LogP contribution in [0.2, 0.25) is 5.02 Å². The van der Waals surface area contributed by atoms with Crippen LogP contribution in [0.1, 0.15) is 11.3 Å². The van der Waals surface area contributed by atoms with Crippen molar-refractivity contribution in [1.82, 2.24) is 10.3 Å². The van der Waals surface area contributed by atoms with Gasteiger partial charge in [-0.1, -0.05) is 23.7 Å². The third-order valence-electron chi connectivity index (χ3n) is 2.58. The minimum atomic E-state index is 0.634. The Balaban J connectivity index is 1.89. The summed E-state index contributed by atoms with van der Waals surface area (Å²) in [7, 11) is 1.61. The zero-order valence-electron chi connectivity index (χ0n) is 10.2. The second kappa shape index (κ2) is 6.38. The molecule has 3 nitrogen and oxygen atoms in total. The smallest absolute Gasteiger partial charge is 0.137 e. The largest absolute Gasteiger partial charge is 0.495 e. The fourth-order valence-corrected chi connectivity index (χ4v) is 1.94. The molecule has 0 saturated heterocycles. The predicted molar refractivity (Wildman–Crippen MR) is 72.8 cm³/mol. The summed E-state index contributed by atoms with van der Waals surface area (Å²) >= 11 is 6.06. The van der Waals surface area contributed by atoms with Gasteiger partial charge in [-0.25, -0.2) is 0 Å². The number of nitrogens with one attached hydrogen (secondary N) is 1. The molecule has 0 bridgehead atoms. The molecular formula is C14H15ClN2O. The van der Waals surface area contributed by atoms with Crippen molar-refractivity contribution in [3.05, 3.63) is 58.9 Å². The summed E-state index contributed by atoms with van der Waals surface area (Å²) in [5, 5.41) is 3.95. The summed E-state index contributed by atoms with van der Waals surface area (Å²) in [4.78, 5) is 4.25. The molecule has 0 aliphatic heterocycles. The molecule has 1 N–H and O–H groups in total. The number of pyridine rings is 1. The number of hydrogen-bond donors (Lipinski definition) is 1. The summed E-state index contributed by atoms with van der Waals surface area (Å²) in [6.07, 6.45) is 1.79. The van der Waals surface area contributed by atoms with Crippen LogP contribution < -0.4 is 10.1 Å². The zero-order valence-corrected chi connectivity index (χ0v) is 10.9. The lowest BCUT2D eigenvalue weighted by Gasteiger charge is -2.07. The van der Waals surface area contributed by atoms with E-state index < -0.39 is 0 Å². The van der Waals surface area contributed by atoms with Gasteiger partial charge < -0.3 is 10.1 Å². The van der Waals surface area contributed by atoms with E-state index in [9.17, 15) is 0 Å². The Hall–Kier alpha value is -1.58. The quantitative estimate of drug-likeness (QED) is 0.899. The van der Waals surface area contributed by atoms with Gasteiger partial charge in [0.15, 0.2) is 0 Å². The lowest BCUT2D eigenvalue weighted by atomic mass is 10.2. The predicted octanol–water partition coefficient (Wildman–Crippen LogP) is 3.03. The highest BCUT2D eigenvalue weighted by Crippen LogP contribution is 2.24. The summed E-state index contributed by atoms with van der Waals surface area (Å²) in [5.74, 6) is 0.699. The van der Waals surface area contributed by atoms with Crippen molar-refractivity contribution in [3.63, 3.8) is 0 Å². The van der Waals surface area contributed by atoms with E-state index in [1.807, 2.05) is 36.4 Å². The monoisotopic (exact) mass is 262 g/mol. The molecule has 18 heavy (non-hydrogen) atoms. The highest BCUT2D eigenvalue weighted by Gasteiger charge is 2.01. The third-order valence-corrected chi connectivity index (χ3v) is 2.87. The van der Waals surface area contributed by atoms with Crippen molar-refractivity contribution in [3.8, 4) is 5.75 Å². The van der Waals surface area contributed by atoms with Crippen molar-refractivity contribution in [2.24, 2.45) is 0 Å². The summed E-state index contributed by atoms with van der Waals surface area (Å²) in [5.41, 5.74) is 2.15. The van der Waals surface area contributed by atoms with Gasteiger partial charge >= 0.3 is 0 Å². The first-order chi connectivity index (χ1) is 8.79. The van der Waals surface area contributed by atoms with Gasteiger partial charge in [0.05, 0.1) is 17.8 Å². The van der Waals surface area contributed by atoms with Crippen LogP contribution in [0.5, 0.6) is 5.75 Å². The van der Waals surface area contributed by atoms with Crippen LogP contribution in [0.3, 0.4) is 0 Å². The minimum absolute atomic E-state index is 0.634. The van der Waals surface area contributed by atoms with Crippen LogP contribution in [-0.2, 0) is 13.1 Å². The van der Waals surface area contributed by atoms with E-state index in [0.717, 1.165) is 24.3 Å². The molecule has 0 saturated carbocycles. The average Bonchev–Trinajstić information content (AvgIpc) is 2.40. The van der Waals surface area contributed by atoms with Gasteiger partial charge in [0.2, 0.25) is 0 Å². The van der Waals surface area contributed by atoms with Crippen molar-refractivity contribution < 1.29 is 4.74 Å². The van der Waals surface area contributed by atoms with Gasteiger partial charge in [-0.3, -0.25) is 4.98 Å². The van der Waals surface area contributed by atoms with Crippen LogP contribution in [0.15, 0.2) is 42.6 Å². The van der Waals surface area contributed by atoms with Crippen LogP contribution in [0, 0.1) is 0 Å². The molecule has 1 aromatic carbocycles. The van der Waals surface area contributed by atoms with E-state index in [4.69, 9.17) is 16.3 Å². The summed E-state index contributed by atoms with van der Waals surface area (Å²) < 4.78 is 5.11. The van der Waals surface area contributed by atoms with E-state index in [1.54, 1.807) is 13.3 Å². The number of benzene rings is 1. The second-order valence-corrected chi connectivity index (χ2v) is 4.30. The van der Waals surface area contributed by atoms with Crippen LogP contribution in [0.4, 0.5) is 0 Å². The lowest BCUT2D eigenvalue weighted by molar-refractivity contribution is 0.415. The second-order valence-electron chi connectivity index (χ2n) is 3.89. The molecule has 0 aliphatic rings. The first kappa shape index (κ1) is 12.9. The first-order valence-electron chi connectivity index (χ1n) is 5.72. The SMILES string of the molecule is COc1ccc(CNCc2ccccn2)cc1Cl. The number of methoxy groups -OCH3 is 1. The highest BCUT2D eigenvalue weighted by molar-refractivity contribution is 6.32. The fourth-order valence-electron chi connectivity index (χ4n) is 1.66. The molecular weight excluding hydrogens is 248 g/mol. The number of hydrogen-bond acceptors (Lipinski definition) is 3. The van der Waals surface area contributed by atoms with Gasteiger partial charge in [0.25, 0.3) is 0 Å². The number of nitrogens with zero attached hydrogens (tertiary/aromatic N) is 1. The van der Waals surface area contributed by atoms with E-state index in [-0.39, 0.29) is 0 Å². The Kier molecular flexibility index (Phi) is 4.56. The molecule has 2 rings (SSSR count). The van der Waals surface area contributed by atoms with E-state index in [1.165, 1.54) is 0 Å². The molecule has 1 heterocycles. The van der Waals surface area contributed by atoms with Crippen molar-refractivity contribution in [2.75, 3.05) is 7.11 Å². The maximum Gasteiger partial charge on any atom is 0.137 e. The third kappa shape index (κ3) is 3.45. The molecule has 0 unspecified atom stereocenters. The molecule has 0 spiro atoms. The molecule has 4 heteroatoms. The molecule has 94 valence electrons. The Morgan fingerprint density at radius 3 is 2.78 bits per heavy atom. The Morgan fingerprint density at radius 2 is 2.11 bits per heavy atom. The molecule has 0 amide bonds. The van der Waals surface area contributed by atoms with E-state index >= 15 is 0 Å². The standard InChI is InChI=1S/C14H15ClN2O/c1-18-14-6-5-11(8-13(14)15)9-16-10-12-4-2-3-7-17-12/h2-8,16H,9-10H2,1H3. The van der Waals surface area contributed by atoms with Gasteiger partial charge in [0, 0.05) is 19.3 Å². The maximum atomic E-state index is 6.06. The Morgan fingerprint density at radius 1 is 1.22 bits per heavy atom. The number of ether oxygens (including phenoxy) is 1. The van der Waals surface area contributed by atoms with Crippen molar-refractivity contribution in [2.45, 2.75) is 13.1 Å². The molecule has 0 radical (unpaired) electrons. The molecule has 0 fully saturated rings. The van der Waals surface area contributed by atoms with Crippen LogP contribution in [0.25, 0.3) is 0 Å². The molecule has 1 aromatic heterocycles. The Labute approximate surface area is 112 Å². The average molecular weight is 263 g/mol. The normalized spacial score (nSPS) is 10.3. The van der Waals surface area contributed by atoms with Gasteiger partial charge in [-0.15, -0.1) is 0 Å². The van der Waals surface area contributed by atoms with Crippen LogP contribution >= 0.6 is 11.6 Å². The van der Waals surface area contributed by atoms with Gasteiger partial charge in [-0.2, -0.15) is 0 Å². The van der Waals surface area contributed by atoms with Gasteiger partial charge in [0.1, 0.15) is 5.75 Å². The molecule has 2 aromatic rings. The summed E-state index contributed by atoms with van der Waals surface area (Å²) in [6, 6.07) is 11.7. The Bertz CT molecular complexity index is 502. The topological polar surface area (TPSA) is 34.1 Å². The zero-order chi connectivity index (χ0) is 12.8. The maximum absolute atomic E-state index is 6.06. The fraction of sp³-hybridized carbons (Fsp3) is 0.214. The number of aromatic nitrogens is 1. The van der Waals surface area contributed by atoms with Crippen molar-refractivity contribution in [1.29, 1.82) is 0 Å². The molecule has 0 atom stereocenters. The van der Waals surface area contributed by atoms with E-state index in [2.05, 4.69) is 10.3 Å². The number of halogens is 1. The van der Waals surface area contributed by atoms with E-state index in [0.29, 0.717) is 10.8 Å². The van der Waals surface area contributed by atoms with Gasteiger partial charge in [-0.05, 0) is 29.8 Å². The number of rotatable bonds is 5. The first-order valence-corrected chi connectivity index (χ1v) is 6.10. The van der Waals surface area contributed by atoms with Crippen LogP contribution in [-0.4, -0.2) is 12.1 Å². The van der Waals surface area contributed by atoms with Crippen molar-refractivity contribution >= 4 is 11.6 Å². The highest BCUT2D eigenvalue weighted by atomic mass is 35.5. The summed E-state index contributed by atoms with van der Waals surface area (Å²) in [6.45, 7) is 1.49. The minimum Gasteiger partial charge on any atom is -0.495 e. The lowest BCUT2D eigenvalue weighted by Crippen LogP contribution is -2.13. The molecule has 0 aliphatic carbocycles.